The molecule has 7 heteroatoms. The smallest absolute Gasteiger partial charge is 0.416 e. The predicted octanol–water partition coefficient (Wildman–Crippen LogP) is 3.18. The number of primary amides is 1. The number of aliphatic hydroxyl groups excluding tert-OH is 1. The summed E-state index contributed by atoms with van der Waals surface area (Å²) in [5.74, 6) is 0. The molecule has 1 aromatic rings. The van der Waals surface area contributed by atoms with Crippen molar-refractivity contribution in [1.82, 2.24) is 0 Å². The molecule has 1 aromatic carbocycles. The lowest BCUT2D eigenvalue weighted by atomic mass is 9.91. The van der Waals surface area contributed by atoms with Gasteiger partial charge in [-0.3, -0.25) is 0 Å². The first kappa shape index (κ1) is 17.3. The topological polar surface area (TPSA) is 72.6 Å². The van der Waals surface area contributed by atoms with Gasteiger partial charge in [0.1, 0.15) is 5.60 Å². The number of carbonyl (C=O) groups excluding carboxylic acids is 1. The fraction of sp³-hybridized carbons (Fsp3) is 0.500. The first-order valence-corrected chi connectivity index (χ1v) is 6.29. The molecule has 0 saturated carbocycles. The highest BCUT2D eigenvalue weighted by molar-refractivity contribution is 5.65. The van der Waals surface area contributed by atoms with Crippen molar-refractivity contribution < 1.29 is 27.8 Å². The van der Waals surface area contributed by atoms with Crippen LogP contribution in [-0.2, 0) is 17.3 Å². The molecule has 118 valence electrons. The molecule has 21 heavy (non-hydrogen) atoms. The largest absolute Gasteiger partial charge is 0.443 e. The molecule has 1 rings (SSSR count). The Morgan fingerprint density at radius 1 is 1.38 bits per heavy atom. The normalized spacial score (nSPS) is 13.9. The summed E-state index contributed by atoms with van der Waals surface area (Å²) in [4.78, 5) is 10.8. The Labute approximate surface area is 120 Å². The highest BCUT2D eigenvalue weighted by Gasteiger charge is 2.32. The van der Waals surface area contributed by atoms with Gasteiger partial charge >= 0.3 is 12.3 Å². The van der Waals surface area contributed by atoms with Crippen LogP contribution in [0.15, 0.2) is 18.2 Å². The van der Waals surface area contributed by atoms with Crippen molar-refractivity contribution in [2.24, 2.45) is 5.73 Å². The van der Waals surface area contributed by atoms with Crippen molar-refractivity contribution >= 4 is 6.09 Å². The van der Waals surface area contributed by atoms with Gasteiger partial charge in [-0.2, -0.15) is 13.2 Å². The number of benzene rings is 1. The lowest BCUT2D eigenvalue weighted by molar-refractivity contribution is -0.137. The molecule has 0 heterocycles. The number of aliphatic hydroxyl groups is 1. The quantitative estimate of drug-likeness (QED) is 0.897. The van der Waals surface area contributed by atoms with Crippen molar-refractivity contribution in [1.29, 1.82) is 0 Å². The van der Waals surface area contributed by atoms with Crippen LogP contribution in [0.3, 0.4) is 0 Å². The zero-order valence-corrected chi connectivity index (χ0v) is 12.0. The summed E-state index contributed by atoms with van der Waals surface area (Å²) in [7, 11) is 0. The lowest BCUT2D eigenvalue weighted by Crippen LogP contribution is -2.33. The number of carbonyl (C=O) groups is 1. The average Bonchev–Trinajstić information content (AvgIpc) is 2.24. The van der Waals surface area contributed by atoms with E-state index >= 15 is 0 Å². The van der Waals surface area contributed by atoms with Gasteiger partial charge in [-0.1, -0.05) is 6.07 Å². The molecule has 1 atom stereocenters. The molecule has 0 aromatic heterocycles. The minimum absolute atomic E-state index is 0.0000926. The summed E-state index contributed by atoms with van der Waals surface area (Å²) in [5.41, 5.74) is 3.64. The van der Waals surface area contributed by atoms with Crippen molar-refractivity contribution in [3.05, 3.63) is 34.9 Å². The standard InChI is InChI=1S/C14H18F3NO3/c1-8(19)11-5-4-10(14(15,16)17)6-9(11)7-13(2,3)21-12(18)20/h4-6,8,19H,7H2,1-3H3,(H2,18,20). The van der Waals surface area contributed by atoms with E-state index in [1.807, 2.05) is 0 Å². The van der Waals surface area contributed by atoms with Gasteiger partial charge < -0.3 is 15.6 Å². The van der Waals surface area contributed by atoms with E-state index in [9.17, 15) is 23.1 Å². The molecule has 1 unspecified atom stereocenters. The third-order valence-corrected chi connectivity index (χ3v) is 2.91. The monoisotopic (exact) mass is 305 g/mol. The Balaban J connectivity index is 3.21. The Hall–Kier alpha value is -1.76. The Kier molecular flexibility index (Phi) is 4.88. The Bertz CT molecular complexity index is 525. The first-order valence-electron chi connectivity index (χ1n) is 6.29. The van der Waals surface area contributed by atoms with Crippen LogP contribution in [0.5, 0.6) is 0 Å². The summed E-state index contributed by atoms with van der Waals surface area (Å²) in [6.45, 7) is 4.52. The van der Waals surface area contributed by atoms with E-state index in [4.69, 9.17) is 10.5 Å². The maximum Gasteiger partial charge on any atom is 0.416 e. The van der Waals surface area contributed by atoms with E-state index in [2.05, 4.69) is 0 Å². The van der Waals surface area contributed by atoms with Crippen LogP contribution in [0.2, 0.25) is 0 Å². The van der Waals surface area contributed by atoms with Crippen LogP contribution >= 0.6 is 0 Å². The average molecular weight is 305 g/mol. The Morgan fingerprint density at radius 3 is 2.38 bits per heavy atom. The van der Waals surface area contributed by atoms with Crippen LogP contribution in [0.4, 0.5) is 18.0 Å². The van der Waals surface area contributed by atoms with E-state index in [1.54, 1.807) is 0 Å². The summed E-state index contributed by atoms with van der Waals surface area (Å²) < 4.78 is 43.2. The number of ether oxygens (including phenoxy) is 1. The fourth-order valence-electron chi connectivity index (χ4n) is 2.11. The van der Waals surface area contributed by atoms with E-state index in [0.717, 1.165) is 12.1 Å². The summed E-state index contributed by atoms with van der Waals surface area (Å²) in [6.07, 6.45) is -6.43. The number of halogens is 3. The maximum atomic E-state index is 12.8. The molecule has 1 amide bonds. The molecule has 0 aliphatic heterocycles. The molecule has 3 N–H and O–H groups in total. The minimum Gasteiger partial charge on any atom is -0.443 e. The third kappa shape index (κ3) is 4.93. The maximum absolute atomic E-state index is 12.8. The zero-order valence-electron chi connectivity index (χ0n) is 12.0. The van der Waals surface area contributed by atoms with Crippen LogP contribution in [0, 0.1) is 0 Å². The highest BCUT2D eigenvalue weighted by Crippen LogP contribution is 2.33. The van der Waals surface area contributed by atoms with Gasteiger partial charge in [0.15, 0.2) is 0 Å². The SMILES string of the molecule is CC(O)c1ccc(C(F)(F)F)cc1CC(C)(C)OC(N)=O. The second kappa shape index (κ2) is 5.93. The molecule has 0 aliphatic carbocycles. The van der Waals surface area contributed by atoms with Crippen LogP contribution in [0.25, 0.3) is 0 Å². The number of hydrogen-bond donors (Lipinski definition) is 2. The molecule has 0 fully saturated rings. The van der Waals surface area contributed by atoms with Crippen LogP contribution in [-0.4, -0.2) is 16.8 Å². The molecule has 0 radical (unpaired) electrons. The molecular weight excluding hydrogens is 287 g/mol. The molecule has 0 spiro atoms. The van der Waals surface area contributed by atoms with Crippen molar-refractivity contribution in [2.45, 2.75) is 45.1 Å². The van der Waals surface area contributed by atoms with Crippen LogP contribution < -0.4 is 5.73 Å². The highest BCUT2D eigenvalue weighted by atomic mass is 19.4. The number of nitrogens with two attached hydrogens (primary N) is 1. The van der Waals surface area contributed by atoms with E-state index in [0.29, 0.717) is 5.56 Å². The number of amides is 1. The third-order valence-electron chi connectivity index (χ3n) is 2.91. The summed E-state index contributed by atoms with van der Waals surface area (Å²) >= 11 is 0. The van der Waals surface area contributed by atoms with Gasteiger partial charge in [-0.05, 0) is 44.0 Å². The van der Waals surface area contributed by atoms with Gasteiger partial charge in [0.05, 0.1) is 11.7 Å². The fourth-order valence-corrected chi connectivity index (χ4v) is 2.11. The van der Waals surface area contributed by atoms with Gasteiger partial charge in [-0.15, -0.1) is 0 Å². The van der Waals surface area contributed by atoms with Gasteiger partial charge in [-0.25, -0.2) is 4.79 Å². The zero-order chi connectivity index (χ0) is 16.4. The predicted molar refractivity (Wildman–Crippen MR) is 70.5 cm³/mol. The van der Waals surface area contributed by atoms with Gasteiger partial charge in [0.2, 0.25) is 0 Å². The molecular formula is C14H18F3NO3. The molecule has 0 aliphatic rings. The molecule has 0 bridgehead atoms. The van der Waals surface area contributed by atoms with Gasteiger partial charge in [0.25, 0.3) is 0 Å². The second-order valence-electron chi connectivity index (χ2n) is 5.44. The summed E-state index contributed by atoms with van der Waals surface area (Å²) in [6, 6.07) is 3.09. The van der Waals surface area contributed by atoms with Gasteiger partial charge in [0, 0.05) is 6.42 Å². The van der Waals surface area contributed by atoms with E-state index in [-0.39, 0.29) is 12.0 Å². The molecule has 4 nitrogen and oxygen atoms in total. The minimum atomic E-state index is -4.49. The van der Waals surface area contributed by atoms with Crippen molar-refractivity contribution in [3.63, 3.8) is 0 Å². The first-order chi connectivity index (χ1) is 9.42. The Morgan fingerprint density at radius 2 is 1.95 bits per heavy atom. The van der Waals surface area contributed by atoms with E-state index in [1.165, 1.54) is 26.8 Å². The number of hydrogen-bond acceptors (Lipinski definition) is 3. The van der Waals surface area contributed by atoms with Crippen LogP contribution in [0.1, 0.15) is 43.6 Å². The number of alkyl halides is 3. The van der Waals surface area contributed by atoms with Crippen molar-refractivity contribution in [3.8, 4) is 0 Å². The number of rotatable bonds is 4. The lowest BCUT2D eigenvalue weighted by Gasteiger charge is -2.26. The second-order valence-corrected chi connectivity index (χ2v) is 5.44. The molecule has 0 saturated heterocycles. The van der Waals surface area contributed by atoms with Crippen molar-refractivity contribution in [2.75, 3.05) is 0 Å². The van der Waals surface area contributed by atoms with E-state index < -0.39 is 29.5 Å². The summed E-state index contributed by atoms with van der Waals surface area (Å²) in [5, 5.41) is 9.66.